The molecule has 0 radical (unpaired) electrons. The first kappa shape index (κ1) is 10.0. The van der Waals surface area contributed by atoms with E-state index in [9.17, 15) is 0 Å². The number of rotatable bonds is 0. The van der Waals surface area contributed by atoms with Gasteiger partial charge in [-0.15, -0.1) is 0 Å². The molecule has 0 aromatic rings. The van der Waals surface area contributed by atoms with Gasteiger partial charge in [0, 0.05) is 0 Å². The Morgan fingerprint density at radius 3 is 1.57 bits per heavy atom. The van der Waals surface area contributed by atoms with Gasteiger partial charge < -0.3 is 15.0 Å². The number of aliphatic carboxylic acids is 2. The van der Waals surface area contributed by atoms with E-state index in [1.54, 1.807) is 0 Å². The maximum atomic E-state index is 9.04. The van der Waals surface area contributed by atoms with Gasteiger partial charge in [0.05, 0.1) is 0 Å². The maximum Gasteiger partial charge on any atom is 1.00 e. The Morgan fingerprint density at radius 2 is 1.57 bits per heavy atom. The van der Waals surface area contributed by atoms with Crippen molar-refractivity contribution < 1.29 is 49.4 Å². The van der Waals surface area contributed by atoms with Crippen molar-refractivity contribution in [3.63, 3.8) is 0 Å². The van der Waals surface area contributed by atoms with Crippen molar-refractivity contribution in [2.24, 2.45) is 0 Å². The van der Waals surface area contributed by atoms with Crippen molar-refractivity contribution in [2.75, 3.05) is 0 Å². The van der Waals surface area contributed by atoms with Crippen molar-refractivity contribution in [1.29, 1.82) is 0 Å². The van der Waals surface area contributed by atoms with Gasteiger partial charge in [-0.2, -0.15) is 0 Å². The topological polar surface area (TPSA) is 77.4 Å². The molecule has 0 bridgehead atoms. The van der Waals surface area contributed by atoms with Crippen LogP contribution in [0.3, 0.4) is 0 Å². The number of carboxylic acid groups (broad SMARTS) is 2. The summed E-state index contributed by atoms with van der Waals surface area (Å²) in [4.78, 5) is 18.0. The van der Waals surface area contributed by atoms with E-state index >= 15 is 0 Å². The molecule has 0 saturated heterocycles. The largest absolute Gasteiger partial charge is 1.00 e. The van der Waals surface area contributed by atoms with Crippen LogP contribution in [-0.4, -0.2) is 17.0 Å². The smallest absolute Gasteiger partial charge is 0.539 e. The maximum absolute atomic E-state index is 9.04. The van der Waals surface area contributed by atoms with E-state index in [-0.39, 0.29) is 29.6 Å². The quantitative estimate of drug-likeness (QED) is 0.194. The number of hydrogen-bond donors (Lipinski definition) is 1. The predicted octanol–water partition coefficient (Wildman–Crippen LogP) is -5.18. The normalized spacial score (nSPS) is 6.29. The van der Waals surface area contributed by atoms with E-state index in [1.807, 2.05) is 0 Å². The molecular weight excluding hydrogens is 113 g/mol. The molecule has 0 aromatic heterocycles. The Kier molecular flexibility index (Phi) is 5.89. The zero-order valence-corrected chi connectivity index (χ0v) is 5.67. The van der Waals surface area contributed by atoms with E-state index in [1.165, 1.54) is 0 Å². The summed E-state index contributed by atoms with van der Waals surface area (Å²) < 4.78 is 0. The van der Waals surface area contributed by atoms with E-state index in [0.717, 1.165) is 0 Å². The van der Waals surface area contributed by atoms with Gasteiger partial charge in [0.25, 0.3) is 0 Å². The summed E-state index contributed by atoms with van der Waals surface area (Å²) in [6.07, 6.45) is 0. The van der Waals surface area contributed by atoms with Crippen LogP contribution in [0.25, 0.3) is 0 Å². The molecule has 4 nitrogen and oxygen atoms in total. The Balaban J connectivity index is 0. The first-order valence-corrected chi connectivity index (χ1v) is 1.09. The third-order valence-corrected chi connectivity index (χ3v) is 0.175. The van der Waals surface area contributed by atoms with Crippen molar-refractivity contribution in [3.05, 3.63) is 0 Å². The third kappa shape index (κ3) is 5.94. The summed E-state index contributed by atoms with van der Waals surface area (Å²) in [6.45, 7) is 0. The molecule has 0 heterocycles. The summed E-state index contributed by atoms with van der Waals surface area (Å²) >= 11 is 0. The van der Waals surface area contributed by atoms with Gasteiger partial charge in [-0.25, -0.2) is 4.79 Å². The van der Waals surface area contributed by atoms with Crippen LogP contribution in [0.15, 0.2) is 0 Å². The first-order valence-electron chi connectivity index (χ1n) is 1.09. The monoisotopic (exact) mass is 114 g/mol. The number of hydrogen-bond acceptors (Lipinski definition) is 3. The van der Waals surface area contributed by atoms with Crippen LogP contribution in [0, 0.1) is 0 Å². The molecule has 0 amide bonds. The summed E-state index contributed by atoms with van der Waals surface area (Å²) in [6, 6.07) is 0. The second-order valence-electron chi connectivity index (χ2n) is 0.593. The van der Waals surface area contributed by atoms with Crippen LogP contribution in [-0.2, 0) is 9.59 Å². The van der Waals surface area contributed by atoms with Crippen LogP contribution < -0.4 is 34.7 Å². The number of carbonyl (C=O) groups is 2. The minimum absolute atomic E-state index is 0. The van der Waals surface area contributed by atoms with Gasteiger partial charge in [-0.05, 0) is 0 Å². The molecule has 0 unspecified atom stereocenters. The molecule has 5 heteroatoms. The molecule has 0 atom stereocenters. The predicted molar refractivity (Wildman–Crippen MR) is 12.6 cm³/mol. The first-order chi connectivity index (χ1) is 2.64. The molecule has 0 fully saturated rings. The molecule has 1 N–H and O–H groups in total. The number of carbonyl (C=O) groups excluding carboxylic acids is 1. The zero-order valence-electron chi connectivity index (χ0n) is 3.67. The van der Waals surface area contributed by atoms with Gasteiger partial charge in [0.15, 0.2) is 5.97 Å². The Hall–Kier alpha value is -0.0600. The molecule has 0 saturated carbocycles. The summed E-state index contributed by atoms with van der Waals surface area (Å²) in [5.41, 5.74) is 0. The van der Waals surface area contributed by atoms with Crippen molar-refractivity contribution >= 4 is 11.9 Å². The fraction of sp³-hybridized carbons (Fsp3) is 0. The molecule has 0 spiro atoms. The molecular formula is C2HNaO4. The van der Waals surface area contributed by atoms with Crippen LogP contribution in [0.1, 0.15) is 0 Å². The van der Waals surface area contributed by atoms with Crippen molar-refractivity contribution in [2.45, 2.75) is 0 Å². The van der Waals surface area contributed by atoms with Crippen LogP contribution >= 0.6 is 0 Å². The molecule has 0 aliphatic carbocycles. The summed E-state index contributed by atoms with van der Waals surface area (Å²) in [7, 11) is 0. The molecule has 0 aromatic carbocycles. The second kappa shape index (κ2) is 4.11. The fourth-order valence-electron chi connectivity index (χ4n) is 0. The van der Waals surface area contributed by atoms with Crippen LogP contribution in [0.4, 0.5) is 0 Å². The SMILES string of the molecule is O=[13C]([O-])[13C](=O)O.[Na+]. The molecule has 0 rings (SSSR count). The van der Waals surface area contributed by atoms with E-state index in [2.05, 4.69) is 0 Å². The van der Waals surface area contributed by atoms with Crippen molar-refractivity contribution in [1.82, 2.24) is 0 Å². The summed E-state index contributed by atoms with van der Waals surface area (Å²) in [5, 5.41) is 16.3. The van der Waals surface area contributed by atoms with Gasteiger partial charge in [0.1, 0.15) is 0 Å². The zero-order chi connectivity index (χ0) is 5.15. The molecule has 0 aliphatic rings. The minimum Gasteiger partial charge on any atom is -0.539 e. The van der Waals surface area contributed by atoms with Crippen LogP contribution in [0.2, 0.25) is 0 Å². The van der Waals surface area contributed by atoms with E-state index < -0.39 is 11.9 Å². The minimum atomic E-state index is -2.07. The van der Waals surface area contributed by atoms with Crippen LogP contribution in [0.5, 0.6) is 0 Å². The van der Waals surface area contributed by atoms with Gasteiger partial charge >= 0.3 is 35.5 Å². The van der Waals surface area contributed by atoms with Gasteiger partial charge in [0.2, 0.25) is 0 Å². The Bertz CT molecular complexity index is 75.7. The van der Waals surface area contributed by atoms with E-state index in [4.69, 9.17) is 19.8 Å². The Morgan fingerprint density at radius 1 is 1.43 bits per heavy atom. The van der Waals surface area contributed by atoms with Crippen molar-refractivity contribution in [3.8, 4) is 0 Å². The Labute approximate surface area is 61.4 Å². The standard InChI is InChI=1S/C2H2O4.Na/c3-1(4)2(5)6;/h(H,3,4)(H,5,6);/q;+1/p-1/i1+1,2+1;. The second-order valence-corrected chi connectivity index (χ2v) is 0.593. The van der Waals surface area contributed by atoms with Gasteiger partial charge in [-0.3, -0.25) is 0 Å². The number of carboxylic acids is 2. The average Bonchev–Trinajstić information content (AvgIpc) is 1.36. The average molecular weight is 114 g/mol. The van der Waals surface area contributed by atoms with E-state index in [0.29, 0.717) is 0 Å². The molecule has 34 valence electrons. The third-order valence-electron chi connectivity index (χ3n) is 0.175. The van der Waals surface area contributed by atoms with Gasteiger partial charge in [-0.1, -0.05) is 0 Å². The summed E-state index contributed by atoms with van der Waals surface area (Å²) in [5.74, 6) is -4.01. The fourth-order valence-corrected chi connectivity index (χ4v) is 0. The molecule has 7 heavy (non-hydrogen) atoms. The molecule has 0 aliphatic heterocycles.